The van der Waals surface area contributed by atoms with Crippen molar-refractivity contribution >= 4 is 0 Å². The Morgan fingerprint density at radius 3 is 2.94 bits per heavy atom. The van der Waals surface area contributed by atoms with Crippen molar-refractivity contribution in [2.24, 2.45) is 0 Å². The maximum atomic E-state index is 5.25. The lowest BCUT2D eigenvalue weighted by Crippen LogP contribution is -2.16. The van der Waals surface area contributed by atoms with Gasteiger partial charge in [0.05, 0.1) is 7.11 Å². The summed E-state index contributed by atoms with van der Waals surface area (Å²) in [5.74, 6) is 3.57. The molecule has 1 aromatic carbocycles. The number of hydrogen-bond acceptors (Lipinski definition) is 2. The van der Waals surface area contributed by atoms with Gasteiger partial charge in [-0.1, -0.05) is 12.1 Å². The van der Waals surface area contributed by atoms with Crippen molar-refractivity contribution in [2.45, 2.75) is 25.3 Å². The molecule has 0 spiro atoms. The van der Waals surface area contributed by atoms with Gasteiger partial charge in [0, 0.05) is 12.5 Å². The Bertz CT molecular complexity index is 354. The van der Waals surface area contributed by atoms with Gasteiger partial charge in [0.2, 0.25) is 0 Å². The average molecular weight is 217 g/mol. The van der Waals surface area contributed by atoms with Gasteiger partial charge in [0.1, 0.15) is 5.75 Å². The van der Waals surface area contributed by atoms with Crippen LogP contribution in [0.2, 0.25) is 0 Å². The first kappa shape index (κ1) is 12.6. The van der Waals surface area contributed by atoms with Crippen molar-refractivity contribution in [2.75, 3.05) is 14.2 Å². The van der Waals surface area contributed by atoms with E-state index in [4.69, 9.17) is 11.2 Å². The zero-order valence-electron chi connectivity index (χ0n) is 9.99. The smallest absolute Gasteiger partial charge is 0.119 e. The predicted octanol–water partition coefficient (Wildman–Crippen LogP) is 2.76. The first-order valence-electron chi connectivity index (χ1n) is 5.56. The Labute approximate surface area is 98.0 Å². The van der Waals surface area contributed by atoms with E-state index in [2.05, 4.69) is 23.4 Å². The minimum absolute atomic E-state index is 0.350. The van der Waals surface area contributed by atoms with Gasteiger partial charge < -0.3 is 10.1 Å². The topological polar surface area (TPSA) is 21.3 Å². The molecular formula is C14H19NO. The van der Waals surface area contributed by atoms with E-state index >= 15 is 0 Å². The maximum absolute atomic E-state index is 5.25. The maximum Gasteiger partial charge on any atom is 0.119 e. The first-order valence-corrected chi connectivity index (χ1v) is 5.56. The highest BCUT2D eigenvalue weighted by Crippen LogP contribution is 2.22. The van der Waals surface area contributed by atoms with E-state index in [9.17, 15) is 0 Å². The molecule has 0 aromatic heterocycles. The predicted molar refractivity (Wildman–Crippen MR) is 67.5 cm³/mol. The Kier molecular flexibility index (Phi) is 5.45. The summed E-state index contributed by atoms with van der Waals surface area (Å²) in [6.45, 7) is 0. The highest BCUT2D eigenvalue weighted by atomic mass is 16.5. The summed E-state index contributed by atoms with van der Waals surface area (Å²) in [4.78, 5) is 0. The van der Waals surface area contributed by atoms with Crippen LogP contribution in [0.15, 0.2) is 24.3 Å². The lowest BCUT2D eigenvalue weighted by Gasteiger charge is -2.16. The van der Waals surface area contributed by atoms with Crippen molar-refractivity contribution in [3.63, 3.8) is 0 Å². The number of unbranched alkanes of at least 4 members (excludes halogenated alkanes) is 1. The van der Waals surface area contributed by atoms with E-state index in [-0.39, 0.29) is 0 Å². The summed E-state index contributed by atoms with van der Waals surface area (Å²) < 4.78 is 5.22. The summed E-state index contributed by atoms with van der Waals surface area (Å²) in [7, 11) is 3.66. The average Bonchev–Trinajstić information content (AvgIpc) is 2.35. The van der Waals surface area contributed by atoms with Crippen LogP contribution >= 0.6 is 0 Å². The van der Waals surface area contributed by atoms with E-state index in [0.29, 0.717) is 6.04 Å². The minimum atomic E-state index is 0.350. The highest BCUT2D eigenvalue weighted by molar-refractivity contribution is 5.30. The van der Waals surface area contributed by atoms with Gasteiger partial charge in [-0.2, -0.15) is 0 Å². The molecule has 0 heterocycles. The van der Waals surface area contributed by atoms with Gasteiger partial charge >= 0.3 is 0 Å². The molecule has 0 fully saturated rings. The van der Waals surface area contributed by atoms with Crippen molar-refractivity contribution in [1.29, 1.82) is 0 Å². The third kappa shape index (κ3) is 3.60. The van der Waals surface area contributed by atoms with E-state index in [1.54, 1.807) is 7.11 Å². The van der Waals surface area contributed by atoms with E-state index in [1.165, 1.54) is 5.56 Å². The van der Waals surface area contributed by atoms with Gasteiger partial charge in [-0.25, -0.2) is 0 Å². The summed E-state index contributed by atoms with van der Waals surface area (Å²) in [5, 5.41) is 3.30. The summed E-state index contributed by atoms with van der Waals surface area (Å²) >= 11 is 0. The molecule has 0 aliphatic carbocycles. The van der Waals surface area contributed by atoms with Crippen LogP contribution in [0.25, 0.3) is 0 Å². The van der Waals surface area contributed by atoms with Crippen LogP contribution in [0.1, 0.15) is 30.9 Å². The van der Waals surface area contributed by atoms with Crippen molar-refractivity contribution < 1.29 is 4.74 Å². The van der Waals surface area contributed by atoms with Crippen LogP contribution in [0.5, 0.6) is 5.75 Å². The van der Waals surface area contributed by atoms with Gasteiger partial charge in [-0.3, -0.25) is 0 Å². The normalized spacial score (nSPS) is 11.8. The summed E-state index contributed by atoms with van der Waals surface area (Å²) in [6.07, 6.45) is 8.18. The Morgan fingerprint density at radius 2 is 2.31 bits per heavy atom. The lowest BCUT2D eigenvalue weighted by atomic mass is 10.0. The summed E-state index contributed by atoms with van der Waals surface area (Å²) in [5.41, 5.74) is 1.25. The number of nitrogens with one attached hydrogen (secondary N) is 1. The number of hydrogen-bond donors (Lipinski definition) is 1. The molecule has 0 aliphatic heterocycles. The molecule has 16 heavy (non-hydrogen) atoms. The molecule has 1 rings (SSSR count). The zero-order valence-corrected chi connectivity index (χ0v) is 9.99. The molecule has 0 amide bonds. The van der Waals surface area contributed by atoms with Crippen LogP contribution in [0.4, 0.5) is 0 Å². The monoisotopic (exact) mass is 217 g/mol. The van der Waals surface area contributed by atoms with E-state index in [1.807, 2.05) is 19.2 Å². The number of rotatable bonds is 6. The van der Waals surface area contributed by atoms with E-state index < -0.39 is 0 Å². The molecule has 0 radical (unpaired) electrons. The molecule has 2 heteroatoms. The Morgan fingerprint density at radius 1 is 1.50 bits per heavy atom. The van der Waals surface area contributed by atoms with Crippen LogP contribution in [0, 0.1) is 12.3 Å². The SMILES string of the molecule is C#CCCCC(NC)c1cccc(OC)c1. The lowest BCUT2D eigenvalue weighted by molar-refractivity contribution is 0.412. The third-order valence-electron chi connectivity index (χ3n) is 2.66. The Balaban J connectivity index is 2.67. The van der Waals surface area contributed by atoms with Crippen LogP contribution < -0.4 is 10.1 Å². The number of benzene rings is 1. The third-order valence-corrected chi connectivity index (χ3v) is 2.66. The minimum Gasteiger partial charge on any atom is -0.497 e. The van der Waals surface area contributed by atoms with Crippen molar-refractivity contribution in [3.05, 3.63) is 29.8 Å². The number of terminal acetylenes is 1. The molecule has 86 valence electrons. The molecule has 0 bridgehead atoms. The standard InChI is InChI=1S/C14H19NO/c1-4-5-6-10-14(15-2)12-8-7-9-13(11-12)16-3/h1,7-9,11,14-15H,5-6,10H2,2-3H3. The van der Waals surface area contributed by atoms with Gasteiger partial charge in [0.15, 0.2) is 0 Å². The molecular weight excluding hydrogens is 198 g/mol. The summed E-state index contributed by atoms with van der Waals surface area (Å²) in [6, 6.07) is 8.50. The molecule has 1 unspecified atom stereocenters. The Hall–Kier alpha value is -1.46. The van der Waals surface area contributed by atoms with Gasteiger partial charge in [-0.05, 0) is 37.6 Å². The molecule has 2 nitrogen and oxygen atoms in total. The quantitative estimate of drug-likeness (QED) is 0.584. The zero-order chi connectivity index (χ0) is 11.8. The number of methoxy groups -OCH3 is 1. The second kappa shape index (κ2) is 6.92. The molecule has 0 saturated heterocycles. The van der Waals surface area contributed by atoms with Crippen LogP contribution in [0.3, 0.4) is 0 Å². The van der Waals surface area contributed by atoms with Crippen LogP contribution in [-0.4, -0.2) is 14.2 Å². The fourth-order valence-electron chi connectivity index (χ4n) is 1.74. The second-order valence-electron chi connectivity index (χ2n) is 3.71. The first-order chi connectivity index (χ1) is 7.81. The fraction of sp³-hybridized carbons (Fsp3) is 0.429. The fourth-order valence-corrected chi connectivity index (χ4v) is 1.74. The van der Waals surface area contributed by atoms with Crippen molar-refractivity contribution in [1.82, 2.24) is 5.32 Å². The second-order valence-corrected chi connectivity index (χ2v) is 3.71. The van der Waals surface area contributed by atoms with Gasteiger partial charge in [0.25, 0.3) is 0 Å². The molecule has 1 N–H and O–H groups in total. The molecule has 1 aromatic rings. The van der Waals surface area contributed by atoms with Crippen molar-refractivity contribution in [3.8, 4) is 18.1 Å². The van der Waals surface area contributed by atoms with Gasteiger partial charge in [-0.15, -0.1) is 12.3 Å². The van der Waals surface area contributed by atoms with Crippen LogP contribution in [-0.2, 0) is 0 Å². The van der Waals surface area contributed by atoms with E-state index in [0.717, 1.165) is 25.0 Å². The molecule has 0 saturated carbocycles. The molecule has 1 atom stereocenters. The molecule has 0 aliphatic rings. The largest absolute Gasteiger partial charge is 0.497 e. The number of ether oxygens (including phenoxy) is 1. The highest BCUT2D eigenvalue weighted by Gasteiger charge is 2.08.